The Morgan fingerprint density at radius 2 is 1.53 bits per heavy atom. The number of para-hydroxylation sites is 1. The Balaban J connectivity index is 1.41. The molecule has 0 spiro atoms. The monoisotopic (exact) mass is 507 g/mol. The summed E-state index contributed by atoms with van der Waals surface area (Å²) in [6, 6.07) is 23.3. The molecule has 0 radical (unpaired) electrons. The fraction of sp³-hybridized carbons (Fsp3) is 0.233. The fourth-order valence-electron chi connectivity index (χ4n) is 5.30. The van der Waals surface area contributed by atoms with Gasteiger partial charge >= 0.3 is 0 Å². The van der Waals surface area contributed by atoms with E-state index >= 15 is 0 Å². The molecule has 8 heteroatoms. The van der Waals surface area contributed by atoms with Gasteiger partial charge in [0.15, 0.2) is 5.69 Å². The number of methoxy groups -OCH3 is 1. The van der Waals surface area contributed by atoms with E-state index in [-0.39, 0.29) is 11.5 Å². The van der Waals surface area contributed by atoms with Crippen molar-refractivity contribution in [2.24, 2.45) is 7.05 Å². The number of hydrogen-bond acceptors (Lipinski definition) is 5. The van der Waals surface area contributed by atoms with Gasteiger partial charge in [-0.25, -0.2) is 0 Å². The van der Waals surface area contributed by atoms with Gasteiger partial charge in [0.25, 0.3) is 11.5 Å². The summed E-state index contributed by atoms with van der Waals surface area (Å²) in [5, 5.41) is 6.17. The number of aryl methyl sites for hydroxylation is 2. The van der Waals surface area contributed by atoms with Crippen molar-refractivity contribution in [1.82, 2.24) is 19.2 Å². The number of ether oxygens (including phenoxy) is 1. The molecule has 2 aromatic heterocycles. The minimum absolute atomic E-state index is 0.165. The van der Waals surface area contributed by atoms with Crippen molar-refractivity contribution < 1.29 is 9.53 Å². The van der Waals surface area contributed by atoms with E-state index in [2.05, 4.69) is 4.90 Å². The van der Waals surface area contributed by atoms with Crippen molar-refractivity contribution in [3.8, 4) is 11.4 Å². The van der Waals surface area contributed by atoms with Crippen molar-refractivity contribution in [1.29, 1.82) is 0 Å². The van der Waals surface area contributed by atoms with E-state index < -0.39 is 0 Å². The zero-order chi connectivity index (χ0) is 26.4. The first-order valence-corrected chi connectivity index (χ1v) is 12.7. The van der Waals surface area contributed by atoms with Gasteiger partial charge in [0.1, 0.15) is 11.3 Å². The largest absolute Gasteiger partial charge is 0.497 e. The maximum Gasteiger partial charge on any atom is 0.296 e. The molecule has 0 N–H and O–H groups in total. The highest BCUT2D eigenvalue weighted by Gasteiger charge is 2.29. The molecule has 0 bridgehead atoms. The van der Waals surface area contributed by atoms with Crippen LogP contribution in [0, 0.1) is 6.92 Å². The third-order valence-corrected chi connectivity index (χ3v) is 7.42. The number of rotatable bonds is 4. The van der Waals surface area contributed by atoms with E-state index in [1.54, 1.807) is 7.11 Å². The molecule has 192 valence electrons. The molecular formula is C30H29N5O3. The highest BCUT2D eigenvalue weighted by molar-refractivity contribution is 6.16. The molecule has 1 fully saturated rings. The number of piperazine rings is 1. The van der Waals surface area contributed by atoms with E-state index in [9.17, 15) is 9.59 Å². The van der Waals surface area contributed by atoms with Crippen molar-refractivity contribution in [3.63, 3.8) is 0 Å². The van der Waals surface area contributed by atoms with Gasteiger partial charge in [-0.05, 0) is 49.4 Å². The highest BCUT2D eigenvalue weighted by Crippen LogP contribution is 2.29. The molecule has 1 saturated heterocycles. The molecule has 1 aliphatic heterocycles. The van der Waals surface area contributed by atoms with Gasteiger partial charge in [-0.15, -0.1) is 0 Å². The van der Waals surface area contributed by atoms with Crippen LogP contribution in [0.5, 0.6) is 5.75 Å². The lowest BCUT2D eigenvalue weighted by molar-refractivity contribution is 0.0741. The number of hydrogen-bond donors (Lipinski definition) is 0. The number of carbonyl (C=O) groups excluding carboxylic acids is 1. The van der Waals surface area contributed by atoms with Crippen LogP contribution in [0.1, 0.15) is 16.1 Å². The number of aromatic nitrogens is 3. The third-order valence-electron chi connectivity index (χ3n) is 7.42. The van der Waals surface area contributed by atoms with Crippen molar-refractivity contribution in [2.45, 2.75) is 6.92 Å². The van der Waals surface area contributed by atoms with Crippen LogP contribution in [0.4, 0.5) is 5.69 Å². The first-order chi connectivity index (χ1) is 18.5. The molecular weight excluding hydrogens is 478 g/mol. The van der Waals surface area contributed by atoms with Crippen molar-refractivity contribution >= 4 is 33.4 Å². The van der Waals surface area contributed by atoms with Crippen LogP contribution >= 0.6 is 0 Å². The lowest BCUT2D eigenvalue weighted by Gasteiger charge is -2.36. The van der Waals surface area contributed by atoms with Gasteiger partial charge in [0.05, 0.1) is 12.8 Å². The number of carbonyl (C=O) groups is 1. The van der Waals surface area contributed by atoms with Gasteiger partial charge in [0, 0.05) is 55.2 Å². The maximum absolute atomic E-state index is 14.0. The smallest absolute Gasteiger partial charge is 0.296 e. The Morgan fingerprint density at radius 1 is 0.868 bits per heavy atom. The highest BCUT2D eigenvalue weighted by atomic mass is 16.5. The summed E-state index contributed by atoms with van der Waals surface area (Å²) in [5.41, 5.74) is 4.23. The van der Waals surface area contributed by atoms with Crippen LogP contribution < -0.4 is 15.2 Å². The van der Waals surface area contributed by atoms with E-state index in [0.29, 0.717) is 48.5 Å². The average molecular weight is 508 g/mol. The predicted molar refractivity (Wildman–Crippen MR) is 150 cm³/mol. The van der Waals surface area contributed by atoms with Crippen molar-refractivity contribution in [2.75, 3.05) is 38.2 Å². The molecule has 5 aromatic rings. The molecule has 6 rings (SSSR count). The summed E-state index contributed by atoms with van der Waals surface area (Å²) >= 11 is 0. The molecule has 0 aliphatic carbocycles. The van der Waals surface area contributed by atoms with Crippen LogP contribution in [0.25, 0.3) is 27.5 Å². The van der Waals surface area contributed by atoms with E-state index in [0.717, 1.165) is 27.9 Å². The molecule has 0 atom stereocenters. The van der Waals surface area contributed by atoms with Crippen LogP contribution in [0.3, 0.4) is 0 Å². The Hall–Kier alpha value is -4.59. The predicted octanol–water partition coefficient (Wildman–Crippen LogP) is 4.16. The molecule has 38 heavy (non-hydrogen) atoms. The number of amides is 1. The zero-order valence-corrected chi connectivity index (χ0v) is 21.7. The van der Waals surface area contributed by atoms with Gasteiger partial charge in [0.2, 0.25) is 0 Å². The van der Waals surface area contributed by atoms with Gasteiger partial charge in [-0.3, -0.25) is 9.59 Å². The van der Waals surface area contributed by atoms with Crippen LogP contribution in [-0.2, 0) is 7.05 Å². The molecule has 3 heterocycles. The van der Waals surface area contributed by atoms with Crippen LogP contribution in [0.15, 0.2) is 77.6 Å². The summed E-state index contributed by atoms with van der Waals surface area (Å²) in [6.07, 6.45) is 0. The zero-order valence-electron chi connectivity index (χ0n) is 21.7. The Morgan fingerprint density at radius 3 is 2.21 bits per heavy atom. The summed E-state index contributed by atoms with van der Waals surface area (Å²) in [5.74, 6) is 0.651. The second-order valence-corrected chi connectivity index (χ2v) is 9.68. The second-order valence-electron chi connectivity index (χ2n) is 9.68. The van der Waals surface area contributed by atoms with E-state index in [4.69, 9.17) is 9.84 Å². The summed E-state index contributed by atoms with van der Waals surface area (Å²) in [7, 11) is 3.52. The first-order valence-electron chi connectivity index (χ1n) is 12.7. The lowest BCUT2D eigenvalue weighted by atomic mass is 10.1. The lowest BCUT2D eigenvalue weighted by Crippen LogP contribution is -2.49. The average Bonchev–Trinajstić information content (AvgIpc) is 3.26. The molecule has 0 unspecified atom stereocenters. The van der Waals surface area contributed by atoms with Gasteiger partial charge in [-0.2, -0.15) is 9.78 Å². The number of fused-ring (bicyclic) bond motifs is 3. The number of anilines is 1. The maximum atomic E-state index is 14.0. The Labute approximate surface area is 220 Å². The standard InChI is InChI=1S/C30H29N5O3/c1-20-8-10-22(11-9-20)35-30(37)28-26(24-6-4-5-7-25(24)32(28)2)27(31-35)29(36)34-18-16-33(17-19-34)21-12-14-23(38-3)15-13-21/h4-15H,16-19H2,1-3H3. The van der Waals surface area contributed by atoms with E-state index in [1.165, 1.54) is 4.68 Å². The van der Waals surface area contributed by atoms with Gasteiger partial charge in [-0.1, -0.05) is 35.9 Å². The first kappa shape index (κ1) is 23.8. The normalized spacial score (nSPS) is 13.9. The second kappa shape index (κ2) is 9.37. The molecule has 1 amide bonds. The van der Waals surface area contributed by atoms with E-state index in [1.807, 2.05) is 96.2 Å². The number of nitrogens with zero attached hydrogens (tertiary/aromatic N) is 5. The third kappa shape index (κ3) is 3.89. The summed E-state index contributed by atoms with van der Waals surface area (Å²) < 4.78 is 8.51. The quantitative estimate of drug-likeness (QED) is 0.365. The minimum Gasteiger partial charge on any atom is -0.497 e. The van der Waals surface area contributed by atoms with Crippen LogP contribution in [0.2, 0.25) is 0 Å². The SMILES string of the molecule is COc1ccc(N2CCN(C(=O)c3nn(-c4ccc(C)cc4)c(=O)c4c3c3ccccc3n4C)CC2)cc1. The van der Waals surface area contributed by atoms with Crippen molar-refractivity contribution in [3.05, 3.63) is 94.4 Å². The minimum atomic E-state index is -0.247. The Kier molecular flexibility index (Phi) is 5.87. The molecule has 0 saturated carbocycles. The molecule has 8 nitrogen and oxygen atoms in total. The Bertz CT molecular complexity index is 1710. The fourth-order valence-corrected chi connectivity index (χ4v) is 5.30. The molecule has 3 aromatic carbocycles. The molecule has 1 aliphatic rings. The van der Waals surface area contributed by atoms with Gasteiger partial charge < -0.3 is 19.1 Å². The summed E-state index contributed by atoms with van der Waals surface area (Å²) in [6.45, 7) is 4.52. The summed E-state index contributed by atoms with van der Waals surface area (Å²) in [4.78, 5) is 31.9. The number of benzene rings is 3. The topological polar surface area (TPSA) is 72.6 Å². The van der Waals surface area contributed by atoms with Crippen LogP contribution in [-0.4, -0.2) is 58.4 Å².